The lowest BCUT2D eigenvalue weighted by Gasteiger charge is -2.13. The number of hydrogen-bond acceptors (Lipinski definition) is 5. The molecule has 214 valence electrons. The molecule has 0 amide bonds. The lowest BCUT2D eigenvalue weighted by molar-refractivity contribution is 0.123. The molecule has 2 unspecified atom stereocenters. The zero-order valence-corrected chi connectivity index (χ0v) is 26.3. The summed E-state index contributed by atoms with van der Waals surface area (Å²) in [6, 6.07) is 5.28. The fourth-order valence-electron chi connectivity index (χ4n) is 4.70. The summed E-state index contributed by atoms with van der Waals surface area (Å²) in [6.07, 6.45) is 22.4. The monoisotopic (exact) mass is 541 g/mol. The van der Waals surface area contributed by atoms with Crippen LogP contribution < -0.4 is 10.1 Å². The molecular weight excluding hydrogens is 486 g/mol. The zero-order valence-electron chi connectivity index (χ0n) is 24.9. The van der Waals surface area contributed by atoms with Gasteiger partial charge in [0, 0.05) is 24.7 Å². The van der Waals surface area contributed by atoms with Crippen molar-refractivity contribution in [3.63, 3.8) is 0 Å². The van der Waals surface area contributed by atoms with Crippen LogP contribution in [0.3, 0.4) is 0 Å². The van der Waals surface area contributed by atoms with Crippen LogP contribution in [0.1, 0.15) is 111 Å². The summed E-state index contributed by atoms with van der Waals surface area (Å²) in [7, 11) is -0.418. The normalized spacial score (nSPS) is 13.3. The van der Waals surface area contributed by atoms with E-state index in [0.717, 1.165) is 61.4 Å². The van der Waals surface area contributed by atoms with Crippen LogP contribution in [0, 0.1) is 11.8 Å². The molecule has 0 spiro atoms. The molecule has 0 N–H and O–H groups in total. The van der Waals surface area contributed by atoms with Crippen molar-refractivity contribution in [2.45, 2.75) is 117 Å². The van der Waals surface area contributed by atoms with Crippen molar-refractivity contribution < 1.29 is 9.47 Å². The number of rotatable bonds is 23. The van der Waals surface area contributed by atoms with Crippen molar-refractivity contribution in [3.8, 4) is 17.1 Å². The Labute approximate surface area is 235 Å². The van der Waals surface area contributed by atoms with E-state index in [1.54, 1.807) is 6.20 Å². The minimum Gasteiger partial charge on any atom is -0.492 e. The van der Waals surface area contributed by atoms with Crippen molar-refractivity contribution in [2.24, 2.45) is 11.8 Å². The second-order valence-electron chi connectivity index (χ2n) is 11.2. The molecule has 0 saturated heterocycles. The Hall–Kier alpha value is -1.79. The molecule has 2 aromatic heterocycles. The summed E-state index contributed by atoms with van der Waals surface area (Å²) in [5.74, 6) is 2.49. The van der Waals surface area contributed by atoms with Gasteiger partial charge in [-0.25, -0.2) is 0 Å². The highest BCUT2D eigenvalue weighted by molar-refractivity contribution is 6.52. The predicted octanol–water partition coefficient (Wildman–Crippen LogP) is 7.53. The Kier molecular flexibility index (Phi) is 18.0. The van der Waals surface area contributed by atoms with Crippen molar-refractivity contribution in [1.29, 1.82) is 0 Å². The number of aromatic nitrogens is 3. The average Bonchev–Trinajstić information content (AvgIpc) is 2.94. The van der Waals surface area contributed by atoms with Gasteiger partial charge in [-0.1, -0.05) is 97.9 Å². The zero-order chi connectivity index (χ0) is 27.3. The first-order valence-electron chi connectivity index (χ1n) is 15.6. The Morgan fingerprint density at radius 3 is 2.16 bits per heavy atom. The number of pyridine rings is 1. The highest BCUT2D eigenvalue weighted by Gasteiger charge is 2.08. The molecule has 2 rings (SSSR count). The van der Waals surface area contributed by atoms with E-state index in [2.05, 4.69) is 37.7 Å². The molecule has 0 aliphatic carbocycles. The van der Waals surface area contributed by atoms with E-state index in [-0.39, 0.29) is 0 Å². The fourth-order valence-corrected chi connectivity index (χ4v) is 6.29. The number of ether oxygens (including phenoxy) is 2. The third kappa shape index (κ3) is 15.0. The van der Waals surface area contributed by atoms with E-state index in [0.29, 0.717) is 6.61 Å². The van der Waals surface area contributed by atoms with Crippen LogP contribution in [0.4, 0.5) is 0 Å². The van der Waals surface area contributed by atoms with Crippen molar-refractivity contribution >= 4 is 14.8 Å². The van der Waals surface area contributed by atoms with Gasteiger partial charge in [0.1, 0.15) is 11.4 Å². The maximum Gasteiger partial charge on any atom is 0.137 e. The molecule has 5 nitrogen and oxygen atoms in total. The van der Waals surface area contributed by atoms with Crippen molar-refractivity contribution in [3.05, 3.63) is 30.7 Å². The molecule has 2 atom stereocenters. The Bertz CT molecular complexity index is 834. The van der Waals surface area contributed by atoms with E-state index in [4.69, 9.17) is 14.5 Å². The number of nitrogens with zero attached hydrogens (tertiary/aromatic N) is 3. The Balaban J connectivity index is 1.63. The van der Waals surface area contributed by atoms with Crippen LogP contribution in [0.15, 0.2) is 30.7 Å². The molecule has 6 heteroatoms. The summed E-state index contributed by atoms with van der Waals surface area (Å²) in [4.78, 5) is 14.0. The van der Waals surface area contributed by atoms with Crippen LogP contribution in [0.25, 0.3) is 11.4 Å². The van der Waals surface area contributed by atoms with Crippen LogP contribution in [-0.2, 0) is 4.74 Å². The van der Waals surface area contributed by atoms with Gasteiger partial charge in [0.2, 0.25) is 0 Å². The minimum atomic E-state index is -0.418. The van der Waals surface area contributed by atoms with Gasteiger partial charge in [0.25, 0.3) is 0 Å². The highest BCUT2D eigenvalue weighted by Crippen LogP contribution is 2.20. The first-order chi connectivity index (χ1) is 18.6. The van der Waals surface area contributed by atoms with Crippen molar-refractivity contribution in [1.82, 2.24) is 15.0 Å². The molecule has 0 aliphatic heterocycles. The van der Waals surface area contributed by atoms with Gasteiger partial charge < -0.3 is 9.47 Å². The summed E-state index contributed by atoms with van der Waals surface area (Å²) in [5.41, 5.74) is 1.73. The summed E-state index contributed by atoms with van der Waals surface area (Å²) in [5, 5.41) is 1.19. The van der Waals surface area contributed by atoms with Crippen LogP contribution in [0.2, 0.25) is 6.04 Å². The van der Waals surface area contributed by atoms with Gasteiger partial charge in [0.15, 0.2) is 0 Å². The topological polar surface area (TPSA) is 57.1 Å². The Morgan fingerprint density at radius 1 is 0.711 bits per heavy atom. The largest absolute Gasteiger partial charge is 0.492 e. The smallest absolute Gasteiger partial charge is 0.137 e. The molecule has 0 aliphatic rings. The van der Waals surface area contributed by atoms with Gasteiger partial charge in [-0.2, -0.15) is 0 Å². The van der Waals surface area contributed by atoms with E-state index >= 15 is 0 Å². The van der Waals surface area contributed by atoms with E-state index < -0.39 is 9.52 Å². The number of unbranched alkanes of at least 4 members (excludes halogenated alkanes) is 6. The lowest BCUT2D eigenvalue weighted by atomic mass is 9.96. The van der Waals surface area contributed by atoms with Crippen LogP contribution in [0.5, 0.6) is 5.75 Å². The van der Waals surface area contributed by atoms with Crippen LogP contribution >= 0.6 is 0 Å². The van der Waals surface area contributed by atoms with Gasteiger partial charge in [-0.3, -0.25) is 15.0 Å². The van der Waals surface area contributed by atoms with Gasteiger partial charge in [-0.15, -0.1) is 0 Å². The fraction of sp³-hybridized carbons (Fsp3) is 0.719. The molecule has 2 aromatic rings. The summed E-state index contributed by atoms with van der Waals surface area (Å²) < 4.78 is 11.4. The maximum absolute atomic E-state index is 5.84. The van der Waals surface area contributed by atoms with E-state index in [1.807, 2.05) is 24.5 Å². The molecule has 0 radical (unpaired) electrons. The molecule has 2 heterocycles. The molecule has 0 saturated carbocycles. The number of hydrogen-bond donors (Lipinski definition) is 0. The standard InChI is InChI=1S/C32H55N3O2Si/c1-5-7-10-15-27(3)16-11-9-12-17-28(4)26-38-32-25-33-24-31(35-32)30-19-18-29(23-34-30)37-22-14-13-21-36-20-8-6-2/h18-19,23-25,27-28H,5-17,20-22,26,38H2,1-4H3. The molecule has 0 aromatic carbocycles. The van der Waals surface area contributed by atoms with Gasteiger partial charge >= 0.3 is 0 Å². The molecule has 0 fully saturated rings. The molecule has 0 bridgehead atoms. The SMILES string of the molecule is CCCCCC(C)CCCCCC(C)C[SiH2]c1cncc(-c2ccc(OCCCCOCCCC)cn2)n1. The van der Waals surface area contributed by atoms with E-state index in [1.165, 1.54) is 75.6 Å². The predicted molar refractivity (Wildman–Crippen MR) is 164 cm³/mol. The lowest BCUT2D eigenvalue weighted by Crippen LogP contribution is -2.21. The molecular formula is C32H55N3O2Si. The van der Waals surface area contributed by atoms with E-state index in [9.17, 15) is 0 Å². The van der Waals surface area contributed by atoms with Crippen molar-refractivity contribution in [2.75, 3.05) is 19.8 Å². The third-order valence-corrected chi connectivity index (χ3v) is 9.49. The van der Waals surface area contributed by atoms with Crippen LogP contribution in [-0.4, -0.2) is 44.3 Å². The molecule has 38 heavy (non-hydrogen) atoms. The second kappa shape index (κ2) is 21.1. The third-order valence-electron chi connectivity index (χ3n) is 7.36. The summed E-state index contributed by atoms with van der Waals surface area (Å²) >= 11 is 0. The first kappa shape index (κ1) is 32.4. The summed E-state index contributed by atoms with van der Waals surface area (Å²) in [6.45, 7) is 11.7. The Morgan fingerprint density at radius 2 is 1.42 bits per heavy atom. The average molecular weight is 542 g/mol. The quantitative estimate of drug-likeness (QED) is 0.107. The minimum absolute atomic E-state index is 0.418. The first-order valence-corrected chi connectivity index (χ1v) is 17.3. The maximum atomic E-state index is 5.84. The second-order valence-corrected chi connectivity index (χ2v) is 13.0. The van der Waals surface area contributed by atoms with Gasteiger partial charge in [0.05, 0.1) is 34.2 Å². The van der Waals surface area contributed by atoms with Gasteiger partial charge in [-0.05, 0) is 43.2 Å². The highest BCUT2D eigenvalue weighted by atomic mass is 28.2.